The summed E-state index contributed by atoms with van der Waals surface area (Å²) < 4.78 is 7.55. The number of aryl methyl sites for hydroxylation is 1. The first-order valence-electron chi connectivity index (χ1n) is 8.02. The lowest BCUT2D eigenvalue weighted by molar-refractivity contribution is 0.0929. The summed E-state index contributed by atoms with van der Waals surface area (Å²) in [5.41, 5.74) is 3.74. The number of nitrogens with zero attached hydrogens (tertiary/aromatic N) is 2. The van der Waals surface area contributed by atoms with Gasteiger partial charge in [0.25, 0.3) is 5.91 Å². The molecule has 122 valence electrons. The number of hydrogen-bond acceptors (Lipinski definition) is 3. The zero-order chi connectivity index (χ0) is 16.6. The zero-order valence-electron chi connectivity index (χ0n) is 14.1. The minimum absolute atomic E-state index is 0.0968. The first-order chi connectivity index (χ1) is 11.0. The van der Waals surface area contributed by atoms with E-state index in [4.69, 9.17) is 4.74 Å². The van der Waals surface area contributed by atoms with Gasteiger partial charge in [-0.25, -0.2) is 0 Å². The maximum atomic E-state index is 12.6. The molecule has 0 saturated heterocycles. The number of hydrogen-bond donors (Lipinski definition) is 1. The van der Waals surface area contributed by atoms with Crippen molar-refractivity contribution in [1.82, 2.24) is 15.1 Å². The molecule has 23 heavy (non-hydrogen) atoms. The Bertz CT molecular complexity index is 734. The van der Waals surface area contributed by atoms with E-state index >= 15 is 0 Å². The second-order valence-corrected chi connectivity index (χ2v) is 6.60. The monoisotopic (exact) mass is 313 g/mol. The normalized spacial score (nSPS) is 16.3. The van der Waals surface area contributed by atoms with Crippen LogP contribution in [0.2, 0.25) is 0 Å². The molecule has 5 nitrogen and oxygen atoms in total. The largest absolute Gasteiger partial charge is 0.491 e. The minimum Gasteiger partial charge on any atom is -0.491 e. The molecule has 1 aliphatic heterocycles. The van der Waals surface area contributed by atoms with Gasteiger partial charge < -0.3 is 10.1 Å². The molecular formula is C18H23N3O2. The van der Waals surface area contributed by atoms with Crippen molar-refractivity contribution in [1.29, 1.82) is 0 Å². The van der Waals surface area contributed by atoms with Crippen LogP contribution in [0.5, 0.6) is 5.75 Å². The van der Waals surface area contributed by atoms with E-state index in [2.05, 4.69) is 30.3 Å². The number of fused-ring (bicyclic) bond motifs is 1. The lowest BCUT2D eigenvalue weighted by atomic mass is 10.1. The van der Waals surface area contributed by atoms with Gasteiger partial charge in [0, 0.05) is 17.8 Å². The number of amides is 1. The van der Waals surface area contributed by atoms with Gasteiger partial charge in [-0.05, 0) is 25.8 Å². The number of nitrogens with one attached hydrogen (secondary N) is 1. The van der Waals surface area contributed by atoms with Crippen LogP contribution in [0.15, 0.2) is 24.4 Å². The standard InChI is InChI=1S/C18H23N3O2/c1-11(2)9-21-13(4)15(8-19-21)18(22)20-16-10-23-17-6-5-12(3)7-14(16)17/h5-8,11,16H,9-10H2,1-4H3,(H,20,22)/t16-/m0/s1. The van der Waals surface area contributed by atoms with Crippen molar-refractivity contribution in [2.45, 2.75) is 40.3 Å². The van der Waals surface area contributed by atoms with Crippen molar-refractivity contribution in [3.8, 4) is 5.75 Å². The highest BCUT2D eigenvalue weighted by Crippen LogP contribution is 2.33. The molecule has 2 aromatic rings. The maximum Gasteiger partial charge on any atom is 0.255 e. The van der Waals surface area contributed by atoms with Gasteiger partial charge in [0.15, 0.2) is 0 Å². The van der Waals surface area contributed by atoms with E-state index in [0.29, 0.717) is 18.1 Å². The van der Waals surface area contributed by atoms with Crippen molar-refractivity contribution >= 4 is 5.91 Å². The number of carbonyl (C=O) groups is 1. The molecule has 0 saturated carbocycles. The molecule has 1 aromatic carbocycles. The van der Waals surface area contributed by atoms with E-state index in [1.807, 2.05) is 30.7 Å². The van der Waals surface area contributed by atoms with Crippen LogP contribution in [0.25, 0.3) is 0 Å². The third-order valence-corrected chi connectivity index (χ3v) is 4.14. The van der Waals surface area contributed by atoms with E-state index in [1.165, 1.54) is 0 Å². The summed E-state index contributed by atoms with van der Waals surface area (Å²) >= 11 is 0. The van der Waals surface area contributed by atoms with Crippen molar-refractivity contribution in [3.05, 3.63) is 46.8 Å². The van der Waals surface area contributed by atoms with Crippen molar-refractivity contribution in [2.24, 2.45) is 5.92 Å². The summed E-state index contributed by atoms with van der Waals surface area (Å²) in [6, 6.07) is 5.94. The molecule has 0 unspecified atom stereocenters. The van der Waals surface area contributed by atoms with Gasteiger partial charge in [0.2, 0.25) is 0 Å². The van der Waals surface area contributed by atoms with Crippen LogP contribution >= 0.6 is 0 Å². The molecule has 1 N–H and O–H groups in total. The van der Waals surface area contributed by atoms with E-state index in [-0.39, 0.29) is 11.9 Å². The molecule has 3 rings (SSSR count). The van der Waals surface area contributed by atoms with Gasteiger partial charge in [-0.3, -0.25) is 9.48 Å². The molecule has 1 atom stereocenters. The fourth-order valence-corrected chi connectivity index (χ4v) is 2.89. The maximum absolute atomic E-state index is 12.6. The molecule has 5 heteroatoms. The van der Waals surface area contributed by atoms with Gasteiger partial charge >= 0.3 is 0 Å². The van der Waals surface area contributed by atoms with Gasteiger partial charge in [-0.2, -0.15) is 5.10 Å². The van der Waals surface area contributed by atoms with Crippen LogP contribution in [-0.2, 0) is 6.54 Å². The fraction of sp³-hybridized carbons (Fsp3) is 0.444. The number of ether oxygens (including phenoxy) is 1. The molecule has 2 heterocycles. The summed E-state index contributed by atoms with van der Waals surface area (Å²) in [4.78, 5) is 12.6. The lowest BCUT2D eigenvalue weighted by Gasteiger charge is -2.12. The molecule has 0 bridgehead atoms. The van der Waals surface area contributed by atoms with Crippen LogP contribution in [0.4, 0.5) is 0 Å². The molecule has 1 amide bonds. The number of rotatable bonds is 4. The molecule has 0 fully saturated rings. The third kappa shape index (κ3) is 3.09. The highest BCUT2D eigenvalue weighted by molar-refractivity contribution is 5.95. The van der Waals surface area contributed by atoms with Crippen molar-refractivity contribution in [3.63, 3.8) is 0 Å². The number of carbonyl (C=O) groups excluding carboxylic acids is 1. The van der Waals surface area contributed by atoms with Gasteiger partial charge in [-0.1, -0.05) is 31.5 Å². The molecule has 1 aliphatic rings. The van der Waals surface area contributed by atoms with E-state index in [1.54, 1.807) is 6.20 Å². The average Bonchev–Trinajstić information content (AvgIpc) is 3.03. The van der Waals surface area contributed by atoms with E-state index in [9.17, 15) is 4.79 Å². The van der Waals surface area contributed by atoms with Crippen LogP contribution in [0.3, 0.4) is 0 Å². The molecule has 0 aliphatic carbocycles. The Morgan fingerprint density at radius 1 is 1.43 bits per heavy atom. The van der Waals surface area contributed by atoms with Crippen LogP contribution in [-0.4, -0.2) is 22.3 Å². The quantitative estimate of drug-likeness (QED) is 0.944. The predicted molar refractivity (Wildman–Crippen MR) is 88.7 cm³/mol. The predicted octanol–water partition coefficient (Wildman–Crippen LogP) is 3.02. The number of aromatic nitrogens is 2. The van der Waals surface area contributed by atoms with Crippen LogP contribution < -0.4 is 10.1 Å². The summed E-state index contributed by atoms with van der Waals surface area (Å²) in [6.45, 7) is 9.54. The highest BCUT2D eigenvalue weighted by atomic mass is 16.5. The Morgan fingerprint density at radius 2 is 2.22 bits per heavy atom. The van der Waals surface area contributed by atoms with Crippen LogP contribution in [0.1, 0.15) is 47.1 Å². The Kier molecular flexibility index (Phi) is 4.11. The molecule has 0 spiro atoms. The Hall–Kier alpha value is -2.30. The summed E-state index contributed by atoms with van der Waals surface area (Å²) in [5.74, 6) is 1.25. The topological polar surface area (TPSA) is 56.2 Å². The highest BCUT2D eigenvalue weighted by Gasteiger charge is 2.27. The van der Waals surface area contributed by atoms with Crippen LogP contribution in [0, 0.1) is 19.8 Å². The lowest BCUT2D eigenvalue weighted by Crippen LogP contribution is -2.29. The van der Waals surface area contributed by atoms with E-state index < -0.39 is 0 Å². The van der Waals surface area contributed by atoms with Gasteiger partial charge in [0.1, 0.15) is 12.4 Å². The fourth-order valence-electron chi connectivity index (χ4n) is 2.89. The molecule has 0 radical (unpaired) electrons. The third-order valence-electron chi connectivity index (χ3n) is 4.14. The summed E-state index contributed by atoms with van der Waals surface area (Å²) in [7, 11) is 0. The second kappa shape index (κ2) is 6.07. The minimum atomic E-state index is -0.106. The zero-order valence-corrected chi connectivity index (χ0v) is 14.1. The Morgan fingerprint density at radius 3 is 2.96 bits per heavy atom. The summed E-state index contributed by atoms with van der Waals surface area (Å²) in [5, 5.41) is 7.40. The first-order valence-corrected chi connectivity index (χ1v) is 8.02. The Labute approximate surface area is 136 Å². The van der Waals surface area contributed by atoms with Gasteiger partial charge in [0.05, 0.1) is 17.8 Å². The number of benzene rings is 1. The molecular weight excluding hydrogens is 290 g/mol. The average molecular weight is 313 g/mol. The van der Waals surface area contributed by atoms with Crippen molar-refractivity contribution in [2.75, 3.05) is 6.61 Å². The SMILES string of the molecule is Cc1ccc2c(c1)[C@@H](NC(=O)c1cnn(CC(C)C)c1C)CO2. The summed E-state index contributed by atoms with van der Waals surface area (Å²) in [6.07, 6.45) is 1.65. The smallest absolute Gasteiger partial charge is 0.255 e. The Balaban J connectivity index is 1.76. The van der Waals surface area contributed by atoms with E-state index in [0.717, 1.165) is 29.1 Å². The second-order valence-electron chi connectivity index (χ2n) is 6.60. The van der Waals surface area contributed by atoms with Crippen molar-refractivity contribution < 1.29 is 9.53 Å². The first kappa shape index (κ1) is 15.6. The van der Waals surface area contributed by atoms with Gasteiger partial charge in [-0.15, -0.1) is 0 Å². The molecule has 1 aromatic heterocycles.